The van der Waals surface area contributed by atoms with Crippen LogP contribution in [0, 0.1) is 6.92 Å². The van der Waals surface area contributed by atoms with Crippen molar-refractivity contribution in [2.75, 3.05) is 26.2 Å². The molecule has 0 saturated carbocycles. The molecule has 2 amide bonds. The van der Waals surface area contributed by atoms with Gasteiger partial charge in [0.2, 0.25) is 0 Å². The van der Waals surface area contributed by atoms with Crippen molar-refractivity contribution < 1.29 is 14.0 Å². The van der Waals surface area contributed by atoms with E-state index in [1.165, 1.54) is 0 Å². The topological polar surface area (TPSA) is 66.7 Å². The van der Waals surface area contributed by atoms with Gasteiger partial charge in [-0.05, 0) is 31.2 Å². The number of amides is 2. The Kier molecular flexibility index (Phi) is 3.91. The minimum Gasteiger partial charge on any atom is -0.456 e. The minimum atomic E-state index is -0.121. The number of carbonyl (C=O) groups excluding carboxylic acids is 2. The summed E-state index contributed by atoms with van der Waals surface area (Å²) >= 11 is 0. The Hall–Kier alpha value is -2.63. The maximum absolute atomic E-state index is 12.3. The van der Waals surface area contributed by atoms with Gasteiger partial charge < -0.3 is 14.2 Å². The molecular formula is C16H17N3O3. The van der Waals surface area contributed by atoms with Gasteiger partial charge in [-0.1, -0.05) is 0 Å². The number of rotatable bonds is 2. The molecule has 3 rings (SSSR count). The van der Waals surface area contributed by atoms with Crippen LogP contribution >= 0.6 is 0 Å². The average molecular weight is 299 g/mol. The van der Waals surface area contributed by atoms with Crippen molar-refractivity contribution in [2.45, 2.75) is 6.92 Å². The van der Waals surface area contributed by atoms with Crippen LogP contribution in [0.25, 0.3) is 0 Å². The van der Waals surface area contributed by atoms with Crippen molar-refractivity contribution in [3.63, 3.8) is 0 Å². The highest BCUT2D eigenvalue weighted by atomic mass is 16.3. The fourth-order valence-corrected chi connectivity index (χ4v) is 2.49. The van der Waals surface area contributed by atoms with Gasteiger partial charge in [-0.3, -0.25) is 14.6 Å². The lowest BCUT2D eigenvalue weighted by molar-refractivity contribution is 0.0517. The highest BCUT2D eigenvalue weighted by Gasteiger charge is 2.26. The second-order valence-electron chi connectivity index (χ2n) is 5.23. The van der Waals surface area contributed by atoms with Gasteiger partial charge in [0.25, 0.3) is 11.8 Å². The third-order valence-electron chi connectivity index (χ3n) is 3.73. The lowest BCUT2D eigenvalue weighted by Gasteiger charge is -2.34. The van der Waals surface area contributed by atoms with Gasteiger partial charge in [0.05, 0.1) is 0 Å². The van der Waals surface area contributed by atoms with Gasteiger partial charge in [0.1, 0.15) is 5.76 Å². The van der Waals surface area contributed by atoms with Gasteiger partial charge in [0, 0.05) is 44.1 Å². The number of aryl methyl sites for hydroxylation is 1. The number of aromatic nitrogens is 1. The number of hydrogen-bond donors (Lipinski definition) is 0. The summed E-state index contributed by atoms with van der Waals surface area (Å²) in [6.45, 7) is 3.87. The summed E-state index contributed by atoms with van der Waals surface area (Å²) in [6, 6.07) is 6.86. The van der Waals surface area contributed by atoms with Gasteiger partial charge in [0.15, 0.2) is 5.76 Å². The molecule has 0 atom stereocenters. The Morgan fingerprint density at radius 3 is 2.09 bits per heavy atom. The van der Waals surface area contributed by atoms with E-state index in [9.17, 15) is 9.59 Å². The van der Waals surface area contributed by atoms with E-state index in [0.717, 1.165) is 5.76 Å². The number of hydrogen-bond acceptors (Lipinski definition) is 4. The van der Waals surface area contributed by atoms with E-state index in [-0.39, 0.29) is 11.8 Å². The van der Waals surface area contributed by atoms with E-state index in [1.54, 1.807) is 46.5 Å². The largest absolute Gasteiger partial charge is 0.456 e. The quantitative estimate of drug-likeness (QED) is 0.844. The van der Waals surface area contributed by atoms with Gasteiger partial charge in [-0.2, -0.15) is 0 Å². The van der Waals surface area contributed by atoms with E-state index < -0.39 is 0 Å². The summed E-state index contributed by atoms with van der Waals surface area (Å²) < 4.78 is 5.36. The highest BCUT2D eigenvalue weighted by Crippen LogP contribution is 2.13. The highest BCUT2D eigenvalue weighted by molar-refractivity contribution is 5.95. The molecule has 2 aromatic rings. The predicted molar refractivity (Wildman–Crippen MR) is 79.5 cm³/mol. The third-order valence-corrected chi connectivity index (χ3v) is 3.73. The van der Waals surface area contributed by atoms with Crippen molar-refractivity contribution >= 4 is 11.8 Å². The summed E-state index contributed by atoms with van der Waals surface area (Å²) in [5.41, 5.74) is 0.622. The smallest absolute Gasteiger partial charge is 0.289 e. The van der Waals surface area contributed by atoms with Crippen LogP contribution in [-0.2, 0) is 0 Å². The fourth-order valence-electron chi connectivity index (χ4n) is 2.49. The second-order valence-corrected chi connectivity index (χ2v) is 5.23. The summed E-state index contributed by atoms with van der Waals surface area (Å²) in [6.07, 6.45) is 3.21. The fraction of sp³-hybridized carbons (Fsp3) is 0.312. The SMILES string of the molecule is Cc1ccc(C(=O)N2CCN(C(=O)c3ccncc3)CC2)o1. The van der Waals surface area contributed by atoms with Crippen LogP contribution in [0.2, 0.25) is 0 Å². The second kappa shape index (κ2) is 6.01. The molecule has 0 radical (unpaired) electrons. The number of piperazine rings is 1. The maximum Gasteiger partial charge on any atom is 0.289 e. The number of carbonyl (C=O) groups is 2. The molecule has 6 nitrogen and oxygen atoms in total. The molecule has 0 aromatic carbocycles. The number of pyridine rings is 1. The summed E-state index contributed by atoms with van der Waals surface area (Å²) in [7, 11) is 0. The Balaban J connectivity index is 1.61. The van der Waals surface area contributed by atoms with E-state index in [0.29, 0.717) is 37.5 Å². The first-order chi connectivity index (χ1) is 10.6. The lowest BCUT2D eigenvalue weighted by atomic mass is 10.2. The van der Waals surface area contributed by atoms with Crippen LogP contribution in [0.15, 0.2) is 41.1 Å². The molecule has 6 heteroatoms. The molecule has 22 heavy (non-hydrogen) atoms. The number of nitrogens with zero attached hydrogens (tertiary/aromatic N) is 3. The lowest BCUT2D eigenvalue weighted by Crippen LogP contribution is -2.50. The van der Waals surface area contributed by atoms with E-state index >= 15 is 0 Å². The number of furan rings is 1. The standard InChI is InChI=1S/C16H17N3O3/c1-12-2-3-14(22-12)16(21)19-10-8-18(9-11-19)15(20)13-4-6-17-7-5-13/h2-7H,8-11H2,1H3. The summed E-state index contributed by atoms with van der Waals surface area (Å²) in [5, 5.41) is 0. The molecule has 0 unspecified atom stereocenters. The van der Waals surface area contributed by atoms with Crippen LogP contribution in [0.4, 0.5) is 0 Å². The zero-order valence-electron chi connectivity index (χ0n) is 12.4. The molecule has 3 heterocycles. The maximum atomic E-state index is 12.3. The Morgan fingerprint density at radius 1 is 0.955 bits per heavy atom. The molecule has 114 valence electrons. The van der Waals surface area contributed by atoms with E-state index in [1.807, 2.05) is 6.92 Å². The van der Waals surface area contributed by atoms with Gasteiger partial charge in [-0.25, -0.2) is 0 Å². The minimum absolute atomic E-state index is 0.0247. The van der Waals surface area contributed by atoms with Crippen molar-refractivity contribution in [1.29, 1.82) is 0 Å². The summed E-state index contributed by atoms with van der Waals surface area (Å²) in [5.74, 6) is 0.925. The van der Waals surface area contributed by atoms with Crippen molar-refractivity contribution in [3.8, 4) is 0 Å². The molecule has 0 bridgehead atoms. The molecule has 1 aliphatic heterocycles. The Labute approximate surface area is 128 Å². The zero-order chi connectivity index (χ0) is 15.5. The molecule has 1 aliphatic rings. The van der Waals surface area contributed by atoms with Crippen molar-refractivity contribution in [1.82, 2.24) is 14.8 Å². The Morgan fingerprint density at radius 2 is 1.55 bits per heavy atom. The zero-order valence-corrected chi connectivity index (χ0v) is 12.4. The van der Waals surface area contributed by atoms with E-state index in [2.05, 4.69) is 4.98 Å². The van der Waals surface area contributed by atoms with Gasteiger partial charge >= 0.3 is 0 Å². The first-order valence-electron chi connectivity index (χ1n) is 7.20. The summed E-state index contributed by atoms with van der Waals surface area (Å²) in [4.78, 5) is 32.0. The molecule has 1 saturated heterocycles. The molecule has 0 spiro atoms. The Bertz CT molecular complexity index is 673. The van der Waals surface area contributed by atoms with Crippen LogP contribution < -0.4 is 0 Å². The normalized spacial score (nSPS) is 15.0. The molecule has 0 aliphatic carbocycles. The third kappa shape index (κ3) is 2.86. The molecule has 1 fully saturated rings. The van der Waals surface area contributed by atoms with Crippen molar-refractivity contribution in [2.24, 2.45) is 0 Å². The van der Waals surface area contributed by atoms with Crippen LogP contribution in [-0.4, -0.2) is 52.8 Å². The first-order valence-corrected chi connectivity index (χ1v) is 7.20. The van der Waals surface area contributed by atoms with Crippen LogP contribution in [0.1, 0.15) is 26.7 Å². The van der Waals surface area contributed by atoms with Crippen molar-refractivity contribution in [3.05, 3.63) is 53.7 Å². The van der Waals surface area contributed by atoms with Crippen LogP contribution in [0.5, 0.6) is 0 Å². The first kappa shape index (κ1) is 14.3. The predicted octanol–water partition coefficient (Wildman–Crippen LogP) is 1.58. The molecule has 0 N–H and O–H groups in total. The van der Waals surface area contributed by atoms with Gasteiger partial charge in [-0.15, -0.1) is 0 Å². The average Bonchev–Trinajstić information content (AvgIpc) is 3.01. The van der Waals surface area contributed by atoms with E-state index in [4.69, 9.17) is 4.42 Å². The molecular weight excluding hydrogens is 282 g/mol. The monoisotopic (exact) mass is 299 g/mol. The van der Waals surface area contributed by atoms with Crippen LogP contribution in [0.3, 0.4) is 0 Å². The molecule has 2 aromatic heterocycles.